The molecular formula is C30H44O7. The largest absolute Gasteiger partial charge is 0.481 e. The van der Waals surface area contributed by atoms with Gasteiger partial charge in [0.15, 0.2) is 0 Å². The van der Waals surface area contributed by atoms with Gasteiger partial charge in [-0.2, -0.15) is 0 Å². The number of esters is 2. The third-order valence-electron chi connectivity index (χ3n) is 11.7. The highest BCUT2D eigenvalue weighted by molar-refractivity contribution is 5.77. The Bertz CT molecular complexity index is 952. The molecule has 206 valence electrons. The highest BCUT2D eigenvalue weighted by atomic mass is 16.6. The maximum atomic E-state index is 13.1. The van der Waals surface area contributed by atoms with Crippen LogP contribution in [0.5, 0.6) is 0 Å². The van der Waals surface area contributed by atoms with Crippen LogP contribution in [0.2, 0.25) is 0 Å². The van der Waals surface area contributed by atoms with Gasteiger partial charge in [-0.25, -0.2) is 0 Å². The highest BCUT2D eigenvalue weighted by Crippen LogP contribution is 2.63. The summed E-state index contributed by atoms with van der Waals surface area (Å²) in [5.74, 6) is -0.198. The second-order valence-corrected chi connectivity index (χ2v) is 14.7. The lowest BCUT2D eigenvalue weighted by Gasteiger charge is -2.61. The number of hydrogen-bond acceptors (Lipinski definition) is 6. The smallest absolute Gasteiger partial charge is 0.309 e. The lowest BCUT2D eigenvalue weighted by atomic mass is 9.48. The Hall–Kier alpha value is -1.63. The van der Waals surface area contributed by atoms with Crippen LogP contribution in [0, 0.1) is 46.8 Å². The molecule has 8 fully saturated rings. The van der Waals surface area contributed by atoms with Crippen LogP contribution in [0.4, 0.5) is 0 Å². The van der Waals surface area contributed by atoms with Gasteiger partial charge in [0.2, 0.25) is 0 Å². The normalized spacial score (nSPS) is 48.5. The maximum absolute atomic E-state index is 13.1. The van der Waals surface area contributed by atoms with Crippen molar-refractivity contribution >= 4 is 17.9 Å². The predicted octanol–water partition coefficient (Wildman–Crippen LogP) is 4.88. The van der Waals surface area contributed by atoms with Gasteiger partial charge in [0.1, 0.15) is 11.2 Å². The molecule has 0 spiro atoms. The van der Waals surface area contributed by atoms with Crippen molar-refractivity contribution in [1.29, 1.82) is 0 Å². The summed E-state index contributed by atoms with van der Waals surface area (Å²) in [6.07, 6.45) is 10.1. The van der Waals surface area contributed by atoms with E-state index in [9.17, 15) is 24.6 Å². The summed E-state index contributed by atoms with van der Waals surface area (Å²) in [7, 11) is 0. The van der Waals surface area contributed by atoms with Crippen molar-refractivity contribution in [3.8, 4) is 0 Å². The molecule has 7 heteroatoms. The number of carboxylic acid groups (broad SMARTS) is 1. The number of rotatable bonds is 8. The predicted molar refractivity (Wildman–Crippen MR) is 134 cm³/mol. The van der Waals surface area contributed by atoms with Crippen molar-refractivity contribution in [3.63, 3.8) is 0 Å². The second-order valence-electron chi connectivity index (χ2n) is 14.7. The summed E-state index contributed by atoms with van der Waals surface area (Å²) in [4.78, 5) is 38.4. The zero-order valence-corrected chi connectivity index (χ0v) is 22.7. The Kier molecular flexibility index (Phi) is 5.84. The molecule has 0 saturated heterocycles. The van der Waals surface area contributed by atoms with Crippen molar-refractivity contribution in [3.05, 3.63) is 0 Å². The van der Waals surface area contributed by atoms with Crippen LogP contribution in [0.1, 0.15) is 104 Å². The first kappa shape index (κ1) is 25.6. The highest BCUT2D eigenvalue weighted by Gasteiger charge is 2.63. The summed E-state index contributed by atoms with van der Waals surface area (Å²) >= 11 is 0. The molecule has 0 aromatic carbocycles. The van der Waals surface area contributed by atoms with Gasteiger partial charge in [-0.15, -0.1) is 0 Å². The molecule has 8 aliphatic rings. The van der Waals surface area contributed by atoms with E-state index in [1.165, 1.54) is 0 Å². The third-order valence-corrected chi connectivity index (χ3v) is 11.7. The van der Waals surface area contributed by atoms with E-state index in [-0.39, 0.29) is 35.6 Å². The second kappa shape index (κ2) is 8.43. The Morgan fingerprint density at radius 1 is 0.757 bits per heavy atom. The monoisotopic (exact) mass is 516 g/mol. The fourth-order valence-corrected chi connectivity index (χ4v) is 10.2. The van der Waals surface area contributed by atoms with Gasteiger partial charge in [-0.05, 0) is 114 Å². The zero-order valence-electron chi connectivity index (χ0n) is 22.7. The van der Waals surface area contributed by atoms with Crippen LogP contribution in [0.25, 0.3) is 0 Å². The number of carboxylic acids is 1. The van der Waals surface area contributed by atoms with Crippen LogP contribution < -0.4 is 0 Å². The van der Waals surface area contributed by atoms with Crippen molar-refractivity contribution in [2.24, 2.45) is 46.8 Å². The van der Waals surface area contributed by atoms with Crippen molar-refractivity contribution in [2.75, 3.05) is 0 Å². The molecule has 7 nitrogen and oxygen atoms in total. The van der Waals surface area contributed by atoms with Gasteiger partial charge in [-0.1, -0.05) is 13.8 Å². The van der Waals surface area contributed by atoms with E-state index in [0.717, 1.165) is 51.4 Å². The van der Waals surface area contributed by atoms with Crippen LogP contribution in [0.3, 0.4) is 0 Å². The molecule has 0 heterocycles. The van der Waals surface area contributed by atoms with E-state index < -0.39 is 28.2 Å². The number of aliphatic hydroxyl groups is 1. The van der Waals surface area contributed by atoms with Crippen LogP contribution >= 0.6 is 0 Å². The lowest BCUT2D eigenvalue weighted by Crippen LogP contribution is -2.63. The molecule has 37 heavy (non-hydrogen) atoms. The van der Waals surface area contributed by atoms with Gasteiger partial charge >= 0.3 is 17.9 Å². The zero-order chi connectivity index (χ0) is 26.4. The fourth-order valence-electron chi connectivity index (χ4n) is 10.2. The van der Waals surface area contributed by atoms with Gasteiger partial charge < -0.3 is 19.7 Å². The van der Waals surface area contributed by atoms with Crippen molar-refractivity contribution in [1.82, 2.24) is 0 Å². The van der Waals surface area contributed by atoms with E-state index in [1.807, 2.05) is 20.8 Å². The number of hydrogen-bond donors (Lipinski definition) is 2. The van der Waals surface area contributed by atoms with Crippen LogP contribution in [-0.4, -0.2) is 44.9 Å². The number of carbonyl (C=O) groups excluding carboxylic acids is 2. The molecule has 2 N–H and O–H groups in total. The summed E-state index contributed by atoms with van der Waals surface area (Å²) < 4.78 is 12.3. The van der Waals surface area contributed by atoms with E-state index in [1.54, 1.807) is 0 Å². The summed E-state index contributed by atoms with van der Waals surface area (Å²) in [6.45, 7) is 5.70. The minimum Gasteiger partial charge on any atom is -0.481 e. The van der Waals surface area contributed by atoms with Crippen molar-refractivity contribution < 1.29 is 34.1 Å². The Morgan fingerprint density at radius 3 is 1.76 bits per heavy atom. The molecule has 8 rings (SSSR count). The fraction of sp³-hybridized carbons (Fsp3) is 0.900. The number of carbonyl (C=O) groups is 3. The number of ether oxygens (including phenoxy) is 2. The average Bonchev–Trinajstić information content (AvgIpc) is 2.79. The molecule has 0 aromatic rings. The molecule has 8 bridgehead atoms. The van der Waals surface area contributed by atoms with E-state index in [2.05, 4.69) is 0 Å². The van der Waals surface area contributed by atoms with E-state index in [0.29, 0.717) is 49.9 Å². The Morgan fingerprint density at radius 2 is 1.24 bits per heavy atom. The Labute approximate surface area is 220 Å². The van der Waals surface area contributed by atoms with Crippen LogP contribution in [0.15, 0.2) is 0 Å². The SMILES string of the molecule is CC(CCC(C)C(=O)OC12CC3CC(C1)CC(C(=O)O)(C3)C2)C(=O)OC12CC3CC(C1)C(C)(O)C(C3)C2. The molecule has 6 unspecified atom stereocenters. The van der Waals surface area contributed by atoms with Gasteiger partial charge in [0.05, 0.1) is 22.9 Å². The number of aliphatic carboxylic acids is 1. The third kappa shape index (κ3) is 4.22. The van der Waals surface area contributed by atoms with Crippen LogP contribution in [-0.2, 0) is 23.9 Å². The summed E-state index contributed by atoms with van der Waals surface area (Å²) in [5.41, 5.74) is -2.42. The molecule has 0 aromatic heterocycles. The van der Waals surface area contributed by atoms with E-state index in [4.69, 9.17) is 9.47 Å². The molecule has 6 atom stereocenters. The Balaban J connectivity index is 1.02. The lowest BCUT2D eigenvalue weighted by molar-refractivity contribution is -0.235. The van der Waals surface area contributed by atoms with Crippen molar-refractivity contribution in [2.45, 2.75) is 121 Å². The quantitative estimate of drug-likeness (QED) is 0.443. The minimum absolute atomic E-state index is 0.188. The molecule has 0 aliphatic heterocycles. The molecule has 0 radical (unpaired) electrons. The van der Waals surface area contributed by atoms with E-state index >= 15 is 0 Å². The molecule has 0 amide bonds. The first-order chi connectivity index (χ1) is 17.3. The van der Waals surface area contributed by atoms with Gasteiger partial charge in [0.25, 0.3) is 0 Å². The van der Waals surface area contributed by atoms with Gasteiger partial charge in [-0.3, -0.25) is 14.4 Å². The minimum atomic E-state index is -0.731. The standard InChI is InChI=1S/C30H44O7/c1-17(24(31)36-29-11-19-7-22(14-29)27(3,35)23(8-19)15-29)4-5-18(2)25(32)37-30-12-20-6-21(13-30)10-28(9-20,16-30)26(33)34/h17-23,35H,4-16H2,1-3H3,(H,33,34). The molecule has 8 aliphatic carbocycles. The molecule has 8 saturated carbocycles. The molecular weight excluding hydrogens is 472 g/mol. The average molecular weight is 517 g/mol. The first-order valence-electron chi connectivity index (χ1n) is 14.7. The maximum Gasteiger partial charge on any atom is 0.309 e. The summed E-state index contributed by atoms with van der Waals surface area (Å²) in [6, 6.07) is 0. The summed E-state index contributed by atoms with van der Waals surface area (Å²) in [5, 5.41) is 20.9. The van der Waals surface area contributed by atoms with Gasteiger partial charge in [0, 0.05) is 6.42 Å². The first-order valence-corrected chi connectivity index (χ1v) is 14.7. The topological polar surface area (TPSA) is 110 Å².